The van der Waals surface area contributed by atoms with E-state index in [4.69, 9.17) is 10.4 Å². The molecule has 0 aliphatic rings. The lowest BCUT2D eigenvalue weighted by atomic mass is 9.97. The minimum atomic E-state index is -2.96. The third-order valence-electron chi connectivity index (χ3n) is 1.96. The summed E-state index contributed by atoms with van der Waals surface area (Å²) in [6, 6.07) is 3.21. The van der Waals surface area contributed by atoms with Crippen LogP contribution in [-0.2, 0) is 0 Å². The van der Waals surface area contributed by atoms with Crippen LogP contribution in [-0.4, -0.2) is 17.4 Å². The summed E-state index contributed by atoms with van der Waals surface area (Å²) >= 11 is 0. The highest BCUT2D eigenvalue weighted by atomic mass is 19.3. The molecule has 16 heavy (non-hydrogen) atoms. The Bertz CT molecular complexity index is 492. The lowest BCUT2D eigenvalue weighted by Crippen LogP contribution is -2.08. The maximum Gasteiger partial charge on any atom is 0.337 e. The second kappa shape index (κ2) is 4.49. The molecule has 4 nitrogen and oxygen atoms in total. The van der Waals surface area contributed by atoms with Crippen molar-refractivity contribution >= 4 is 12.3 Å². The molecule has 1 rings (SSSR count). The highest BCUT2D eigenvalue weighted by molar-refractivity contribution is 5.99. The number of alkyl halides is 2. The van der Waals surface area contributed by atoms with Crippen molar-refractivity contribution in [2.75, 3.05) is 0 Å². The number of hydrogen-bond acceptors (Lipinski definition) is 3. The van der Waals surface area contributed by atoms with E-state index in [2.05, 4.69) is 0 Å². The Morgan fingerprint density at radius 3 is 2.50 bits per heavy atom. The van der Waals surface area contributed by atoms with E-state index in [9.17, 15) is 18.4 Å². The van der Waals surface area contributed by atoms with Crippen molar-refractivity contribution in [1.82, 2.24) is 0 Å². The number of carbonyl (C=O) groups is 2. The van der Waals surface area contributed by atoms with Crippen LogP contribution in [0.4, 0.5) is 8.78 Å². The van der Waals surface area contributed by atoms with Crippen LogP contribution in [0.25, 0.3) is 0 Å². The number of rotatable bonds is 3. The van der Waals surface area contributed by atoms with E-state index < -0.39 is 29.1 Å². The summed E-state index contributed by atoms with van der Waals surface area (Å²) in [6.07, 6.45) is -2.76. The topological polar surface area (TPSA) is 78.2 Å². The fourth-order valence-corrected chi connectivity index (χ4v) is 1.27. The molecule has 0 heterocycles. The lowest BCUT2D eigenvalue weighted by Gasteiger charge is -2.07. The van der Waals surface area contributed by atoms with E-state index in [1.54, 1.807) is 0 Å². The van der Waals surface area contributed by atoms with Crippen LogP contribution >= 0.6 is 0 Å². The fourth-order valence-electron chi connectivity index (χ4n) is 1.27. The highest BCUT2D eigenvalue weighted by Crippen LogP contribution is 2.26. The van der Waals surface area contributed by atoms with Gasteiger partial charge in [-0.25, -0.2) is 13.6 Å². The zero-order valence-electron chi connectivity index (χ0n) is 7.78. The molecule has 1 N–H and O–H groups in total. The first-order valence-corrected chi connectivity index (χ1v) is 4.06. The van der Waals surface area contributed by atoms with E-state index in [0.717, 1.165) is 12.1 Å². The van der Waals surface area contributed by atoms with Gasteiger partial charge in [-0.1, -0.05) is 12.1 Å². The van der Waals surface area contributed by atoms with Gasteiger partial charge in [-0.2, -0.15) is 5.26 Å². The maximum atomic E-state index is 12.5. The number of carbonyl (C=O) groups excluding carboxylic acids is 1. The van der Waals surface area contributed by atoms with Gasteiger partial charge in [0, 0.05) is 11.1 Å². The van der Waals surface area contributed by atoms with Crippen molar-refractivity contribution in [1.29, 1.82) is 5.26 Å². The molecule has 1 aromatic carbocycles. The van der Waals surface area contributed by atoms with Gasteiger partial charge in [-0.05, 0) is 0 Å². The third kappa shape index (κ3) is 1.88. The summed E-state index contributed by atoms with van der Waals surface area (Å²) in [5, 5.41) is 17.4. The second-order valence-electron chi connectivity index (χ2n) is 2.83. The molecule has 0 aliphatic carbocycles. The number of carboxylic acids is 1. The molecule has 0 radical (unpaired) electrons. The van der Waals surface area contributed by atoms with Crippen LogP contribution in [0.2, 0.25) is 0 Å². The van der Waals surface area contributed by atoms with Crippen molar-refractivity contribution < 1.29 is 23.5 Å². The number of aldehydes is 1. The van der Waals surface area contributed by atoms with Crippen LogP contribution in [0.5, 0.6) is 0 Å². The maximum absolute atomic E-state index is 12.5. The number of halogens is 2. The summed E-state index contributed by atoms with van der Waals surface area (Å²) < 4.78 is 24.9. The Morgan fingerprint density at radius 2 is 2.12 bits per heavy atom. The van der Waals surface area contributed by atoms with Crippen LogP contribution < -0.4 is 0 Å². The van der Waals surface area contributed by atoms with Crippen LogP contribution in [0.15, 0.2) is 12.1 Å². The van der Waals surface area contributed by atoms with Gasteiger partial charge >= 0.3 is 5.97 Å². The Hall–Kier alpha value is -2.29. The molecule has 0 fully saturated rings. The molecule has 0 aliphatic heterocycles. The van der Waals surface area contributed by atoms with E-state index in [-0.39, 0.29) is 11.8 Å². The summed E-state index contributed by atoms with van der Waals surface area (Å²) in [5.41, 5.74) is -2.35. The molecule has 1 aromatic rings. The normalized spacial score (nSPS) is 9.88. The van der Waals surface area contributed by atoms with Crippen molar-refractivity contribution in [3.63, 3.8) is 0 Å². The van der Waals surface area contributed by atoms with Crippen molar-refractivity contribution in [2.45, 2.75) is 6.43 Å². The Labute approximate surface area is 88.7 Å². The first-order valence-electron chi connectivity index (χ1n) is 4.06. The smallest absolute Gasteiger partial charge is 0.337 e. The van der Waals surface area contributed by atoms with Gasteiger partial charge in [0.2, 0.25) is 0 Å². The van der Waals surface area contributed by atoms with E-state index in [0.29, 0.717) is 0 Å². The van der Waals surface area contributed by atoms with Crippen LogP contribution in [0.3, 0.4) is 0 Å². The molecule has 0 atom stereocenters. The van der Waals surface area contributed by atoms with E-state index >= 15 is 0 Å². The predicted octanol–water partition coefficient (Wildman–Crippen LogP) is 2.01. The van der Waals surface area contributed by atoms with Crippen molar-refractivity contribution in [2.24, 2.45) is 0 Å². The minimum Gasteiger partial charge on any atom is -0.478 e. The number of benzene rings is 1. The SMILES string of the molecule is N#Cc1c(C(F)F)ccc(C=O)c1C(=O)O. The van der Waals surface area contributed by atoms with Gasteiger partial charge in [0.25, 0.3) is 6.43 Å². The number of nitrogens with zero attached hydrogens (tertiary/aromatic N) is 1. The largest absolute Gasteiger partial charge is 0.478 e. The fraction of sp³-hybridized carbons (Fsp3) is 0.100. The minimum absolute atomic E-state index is 0.208. The second-order valence-corrected chi connectivity index (χ2v) is 2.83. The number of aromatic carboxylic acids is 1. The molecule has 0 bridgehead atoms. The van der Waals surface area contributed by atoms with Crippen molar-refractivity contribution in [3.05, 3.63) is 34.4 Å². The molecule has 0 amide bonds. The molecular formula is C10H5F2NO3. The van der Waals surface area contributed by atoms with Crippen molar-refractivity contribution in [3.8, 4) is 6.07 Å². The quantitative estimate of drug-likeness (QED) is 0.798. The van der Waals surface area contributed by atoms with E-state index in [1.807, 2.05) is 0 Å². The summed E-state index contributed by atoms with van der Waals surface area (Å²) in [5.74, 6) is -1.58. The molecule has 82 valence electrons. The summed E-state index contributed by atoms with van der Waals surface area (Å²) in [7, 11) is 0. The average Bonchev–Trinajstić information content (AvgIpc) is 2.26. The number of carboxylic acid groups (broad SMARTS) is 1. The first-order chi connectivity index (χ1) is 7.52. The number of hydrogen-bond donors (Lipinski definition) is 1. The molecule has 0 saturated heterocycles. The highest BCUT2D eigenvalue weighted by Gasteiger charge is 2.22. The Morgan fingerprint density at radius 1 is 1.50 bits per heavy atom. The Kier molecular flexibility index (Phi) is 3.30. The van der Waals surface area contributed by atoms with Crippen LogP contribution in [0, 0.1) is 11.3 Å². The molecule has 0 unspecified atom stereocenters. The van der Waals surface area contributed by atoms with E-state index in [1.165, 1.54) is 6.07 Å². The molecule has 0 aromatic heterocycles. The monoisotopic (exact) mass is 225 g/mol. The standard InChI is InChI=1S/C10H5F2NO3/c11-9(12)6-2-1-5(4-14)8(10(15)16)7(6)3-13/h1-2,4,9H,(H,15,16). The lowest BCUT2D eigenvalue weighted by molar-refractivity contribution is 0.0693. The average molecular weight is 225 g/mol. The van der Waals surface area contributed by atoms with Gasteiger partial charge in [-0.3, -0.25) is 4.79 Å². The third-order valence-corrected chi connectivity index (χ3v) is 1.96. The summed E-state index contributed by atoms with van der Waals surface area (Å²) in [4.78, 5) is 21.3. The van der Waals surface area contributed by atoms with Gasteiger partial charge < -0.3 is 5.11 Å². The first kappa shape index (κ1) is 11.8. The summed E-state index contributed by atoms with van der Waals surface area (Å²) in [6.45, 7) is 0. The predicted molar refractivity (Wildman–Crippen MR) is 48.5 cm³/mol. The molecular weight excluding hydrogens is 220 g/mol. The number of nitriles is 1. The molecule has 6 heteroatoms. The van der Waals surface area contributed by atoms with Gasteiger partial charge in [0.15, 0.2) is 6.29 Å². The molecule has 0 saturated carbocycles. The molecule has 0 spiro atoms. The zero-order valence-corrected chi connectivity index (χ0v) is 7.78. The van der Waals surface area contributed by atoms with Crippen LogP contribution in [0.1, 0.15) is 38.3 Å². The Balaban J connectivity index is 3.64. The van der Waals surface area contributed by atoms with Gasteiger partial charge in [-0.15, -0.1) is 0 Å². The van der Waals surface area contributed by atoms with Gasteiger partial charge in [0.05, 0.1) is 11.1 Å². The zero-order chi connectivity index (χ0) is 12.3. The van der Waals surface area contributed by atoms with Gasteiger partial charge in [0.1, 0.15) is 6.07 Å².